The van der Waals surface area contributed by atoms with Gasteiger partial charge in [0.15, 0.2) is 11.5 Å². The smallest absolute Gasteiger partial charge is 0.269 e. The average Bonchev–Trinajstić information content (AvgIpc) is 2.75. The Labute approximate surface area is 134 Å². The maximum Gasteiger partial charge on any atom is 0.269 e. The lowest BCUT2D eigenvalue weighted by molar-refractivity contribution is -0.126. The van der Waals surface area contributed by atoms with Gasteiger partial charge >= 0.3 is 0 Å². The minimum absolute atomic E-state index is 0.00720. The minimum atomic E-state index is -4.12. The molecule has 0 bridgehead atoms. The van der Waals surface area contributed by atoms with Crippen molar-refractivity contribution in [2.24, 2.45) is 0 Å². The number of benzene rings is 1. The first-order chi connectivity index (χ1) is 10.8. The van der Waals surface area contributed by atoms with Crippen LogP contribution in [-0.2, 0) is 24.3 Å². The first-order valence-corrected chi connectivity index (χ1v) is 8.46. The lowest BCUT2D eigenvalue weighted by Crippen LogP contribution is -2.48. The van der Waals surface area contributed by atoms with E-state index in [0.29, 0.717) is 4.31 Å². The summed E-state index contributed by atoms with van der Waals surface area (Å²) in [7, 11) is -4.12. The Morgan fingerprint density at radius 2 is 1.65 bits per heavy atom. The number of amides is 1. The van der Waals surface area contributed by atoms with E-state index in [0.717, 1.165) is 5.56 Å². The minimum Gasteiger partial charge on any atom is -0.334 e. The Morgan fingerprint density at radius 3 is 2.22 bits per heavy atom. The molecule has 1 fully saturated rings. The molecule has 0 saturated carbocycles. The molecule has 1 heterocycles. The summed E-state index contributed by atoms with van der Waals surface area (Å²) >= 11 is 0. The number of sulfonamides is 1. The van der Waals surface area contributed by atoms with Crippen molar-refractivity contribution in [2.45, 2.75) is 30.6 Å². The van der Waals surface area contributed by atoms with E-state index in [1.54, 1.807) is 12.1 Å². The lowest BCUT2D eigenvalue weighted by Gasteiger charge is -2.31. The van der Waals surface area contributed by atoms with E-state index in [4.69, 9.17) is 4.74 Å². The van der Waals surface area contributed by atoms with Gasteiger partial charge in [-0.2, -0.15) is 4.31 Å². The molecule has 1 saturated heterocycles. The molecule has 1 aromatic carbocycles. The second-order valence-electron chi connectivity index (χ2n) is 5.50. The van der Waals surface area contributed by atoms with Gasteiger partial charge in [-0.1, -0.05) is 17.7 Å². The van der Waals surface area contributed by atoms with E-state index in [9.17, 15) is 18.0 Å². The van der Waals surface area contributed by atoms with Gasteiger partial charge < -0.3 is 4.74 Å². The first kappa shape index (κ1) is 15.6. The topological polar surface area (TPSA) is 80.8 Å². The van der Waals surface area contributed by atoms with E-state index in [1.165, 1.54) is 43.4 Å². The van der Waals surface area contributed by atoms with E-state index in [1.807, 2.05) is 6.92 Å². The summed E-state index contributed by atoms with van der Waals surface area (Å²) in [6.45, 7) is 3.31. The summed E-state index contributed by atoms with van der Waals surface area (Å²) in [4.78, 5) is 23.8. The second-order valence-corrected chi connectivity index (χ2v) is 7.29. The molecule has 0 radical (unpaired) electrons. The van der Waals surface area contributed by atoms with Crippen LogP contribution in [0.25, 0.3) is 0 Å². The number of carbonyl (C=O) groups excluding carboxylic acids is 2. The Balaban J connectivity index is 2.13. The molecule has 1 aliphatic heterocycles. The third kappa shape index (κ3) is 2.42. The van der Waals surface area contributed by atoms with Gasteiger partial charge in [-0.05, 0) is 50.3 Å². The van der Waals surface area contributed by atoms with Crippen LogP contribution in [0.1, 0.15) is 12.5 Å². The quantitative estimate of drug-likeness (QED) is 0.815. The predicted molar refractivity (Wildman–Crippen MR) is 81.8 cm³/mol. The van der Waals surface area contributed by atoms with Crippen molar-refractivity contribution < 1.29 is 22.7 Å². The molecule has 2 aliphatic rings. The summed E-state index contributed by atoms with van der Waals surface area (Å²) in [6.07, 6.45) is 4.05. The fraction of sp³-hybridized carbons (Fsp3) is 0.250. The van der Waals surface area contributed by atoms with Crippen LogP contribution in [-0.4, -0.2) is 36.2 Å². The van der Waals surface area contributed by atoms with Gasteiger partial charge in [0.05, 0.1) is 4.90 Å². The Kier molecular flexibility index (Phi) is 3.50. The van der Waals surface area contributed by atoms with Crippen molar-refractivity contribution >= 4 is 21.7 Å². The van der Waals surface area contributed by atoms with Crippen LogP contribution in [0.2, 0.25) is 0 Å². The molecule has 1 aliphatic carbocycles. The molecule has 23 heavy (non-hydrogen) atoms. The van der Waals surface area contributed by atoms with Crippen molar-refractivity contribution in [3.05, 3.63) is 54.1 Å². The molecule has 0 N–H and O–H groups in total. The van der Waals surface area contributed by atoms with Gasteiger partial charge in [-0.25, -0.2) is 8.42 Å². The van der Waals surface area contributed by atoms with Crippen LogP contribution in [0, 0.1) is 6.92 Å². The molecule has 1 aromatic rings. The van der Waals surface area contributed by atoms with Crippen LogP contribution in [0.3, 0.4) is 0 Å². The van der Waals surface area contributed by atoms with Crippen LogP contribution in [0.5, 0.6) is 0 Å². The molecule has 6 nitrogen and oxygen atoms in total. The van der Waals surface area contributed by atoms with E-state index >= 15 is 0 Å². The van der Waals surface area contributed by atoms with Gasteiger partial charge in [-0.15, -0.1) is 0 Å². The number of ether oxygens (including phenoxy) is 1. The number of allylic oxidation sites excluding steroid dienone is 2. The Hall–Kier alpha value is -2.25. The van der Waals surface area contributed by atoms with Gasteiger partial charge in [0, 0.05) is 0 Å². The number of aryl methyl sites for hydroxylation is 1. The molecule has 3 rings (SSSR count). The molecular weight excluding hydrogens is 318 g/mol. The summed E-state index contributed by atoms with van der Waals surface area (Å²) < 4.78 is 32.1. The number of rotatable bonds is 2. The summed E-state index contributed by atoms with van der Waals surface area (Å²) in [5, 5.41) is 0. The van der Waals surface area contributed by atoms with Crippen molar-refractivity contribution in [1.82, 2.24) is 4.31 Å². The van der Waals surface area contributed by atoms with Crippen molar-refractivity contribution in [3.8, 4) is 0 Å². The molecule has 1 spiro atoms. The number of hydrogen-bond acceptors (Lipinski definition) is 5. The summed E-state index contributed by atoms with van der Waals surface area (Å²) in [5.74, 6) is -0.965. The third-order valence-electron chi connectivity index (χ3n) is 3.76. The number of carbonyl (C=O) groups is 2. The van der Waals surface area contributed by atoms with Gasteiger partial charge in [0.25, 0.3) is 15.9 Å². The largest absolute Gasteiger partial charge is 0.334 e. The third-order valence-corrected chi connectivity index (χ3v) is 5.58. The highest BCUT2D eigenvalue weighted by Gasteiger charge is 2.54. The Morgan fingerprint density at radius 1 is 1.09 bits per heavy atom. The maximum atomic E-state index is 12.9. The highest BCUT2D eigenvalue weighted by molar-refractivity contribution is 7.89. The lowest BCUT2D eigenvalue weighted by atomic mass is 10.1. The first-order valence-electron chi connectivity index (χ1n) is 7.02. The Bertz CT molecular complexity index is 820. The molecule has 1 amide bonds. The van der Waals surface area contributed by atoms with E-state index in [-0.39, 0.29) is 10.7 Å². The highest BCUT2D eigenvalue weighted by atomic mass is 32.2. The normalized spacial score (nSPS) is 23.0. The molecule has 1 unspecified atom stereocenters. The van der Waals surface area contributed by atoms with Crippen molar-refractivity contribution in [1.29, 1.82) is 0 Å². The molecule has 0 aromatic heterocycles. The van der Waals surface area contributed by atoms with E-state index in [2.05, 4.69) is 0 Å². The zero-order chi connectivity index (χ0) is 16.8. The van der Waals surface area contributed by atoms with E-state index < -0.39 is 27.8 Å². The highest BCUT2D eigenvalue weighted by Crippen LogP contribution is 2.37. The van der Waals surface area contributed by atoms with Crippen molar-refractivity contribution in [2.75, 3.05) is 0 Å². The van der Waals surface area contributed by atoms with Gasteiger partial charge in [0.2, 0.25) is 0 Å². The summed E-state index contributed by atoms with van der Waals surface area (Å²) in [5.41, 5.74) is -0.687. The predicted octanol–water partition coefficient (Wildman–Crippen LogP) is 1.32. The average molecular weight is 333 g/mol. The summed E-state index contributed by atoms with van der Waals surface area (Å²) in [6, 6.07) is 6.19. The fourth-order valence-corrected chi connectivity index (χ4v) is 4.19. The SMILES string of the molecule is Cc1ccc(S(=O)(=O)N2C(=O)C(C)OC23C=CC(=O)C=C3)cc1. The fourth-order valence-electron chi connectivity index (χ4n) is 2.57. The van der Waals surface area contributed by atoms with Crippen LogP contribution in [0.4, 0.5) is 0 Å². The van der Waals surface area contributed by atoms with Crippen LogP contribution in [0.15, 0.2) is 53.5 Å². The van der Waals surface area contributed by atoms with Crippen LogP contribution < -0.4 is 0 Å². The van der Waals surface area contributed by atoms with Crippen molar-refractivity contribution in [3.63, 3.8) is 0 Å². The van der Waals surface area contributed by atoms with Crippen LogP contribution >= 0.6 is 0 Å². The molecular formula is C16H15NO5S. The van der Waals surface area contributed by atoms with Gasteiger partial charge in [-0.3, -0.25) is 9.59 Å². The number of hydrogen-bond donors (Lipinski definition) is 0. The second kappa shape index (κ2) is 5.14. The monoisotopic (exact) mass is 333 g/mol. The molecule has 1 atom stereocenters. The zero-order valence-corrected chi connectivity index (χ0v) is 13.4. The zero-order valence-electron chi connectivity index (χ0n) is 12.6. The molecule has 120 valence electrons. The number of ketones is 1. The molecule has 7 heteroatoms. The standard InChI is InChI=1S/C16H15NO5S/c1-11-3-5-14(6-4-11)23(20,21)17-15(19)12(2)22-16(17)9-7-13(18)8-10-16/h3-10,12H,1-2H3. The number of nitrogens with zero attached hydrogens (tertiary/aromatic N) is 1. The van der Waals surface area contributed by atoms with Gasteiger partial charge in [0.1, 0.15) is 6.10 Å². The maximum absolute atomic E-state index is 12.9.